The molecule has 0 saturated carbocycles. The number of hydrogen-bond acceptors (Lipinski definition) is 4. The Morgan fingerprint density at radius 3 is 2.12 bits per heavy atom. The van der Waals surface area contributed by atoms with Crippen LogP contribution in [0.5, 0.6) is 0 Å². The Morgan fingerprint density at radius 1 is 1.18 bits per heavy atom. The number of sulfonamides is 1. The Labute approximate surface area is 104 Å². The second-order valence-electron chi connectivity index (χ2n) is 4.91. The zero-order chi connectivity index (χ0) is 13.1. The predicted octanol–water partition coefficient (Wildman–Crippen LogP) is 0.502. The van der Waals surface area contributed by atoms with Crippen LogP contribution in [-0.2, 0) is 10.0 Å². The fourth-order valence-electron chi connectivity index (χ4n) is 1.97. The Hall–Kier alpha value is -0.640. The summed E-state index contributed by atoms with van der Waals surface area (Å²) in [6, 6.07) is 1.80. The lowest BCUT2D eigenvalue weighted by Crippen LogP contribution is -2.51. The summed E-state index contributed by atoms with van der Waals surface area (Å²) in [7, 11) is -3.42. The molecule has 1 unspecified atom stereocenters. The van der Waals surface area contributed by atoms with Gasteiger partial charge in [0, 0.05) is 32.7 Å². The van der Waals surface area contributed by atoms with E-state index in [-0.39, 0.29) is 0 Å². The van der Waals surface area contributed by atoms with Crippen LogP contribution in [0, 0.1) is 17.2 Å². The summed E-state index contributed by atoms with van der Waals surface area (Å²) >= 11 is 0. The maximum atomic E-state index is 11.9. The van der Waals surface area contributed by atoms with E-state index in [0.29, 0.717) is 19.0 Å². The first kappa shape index (κ1) is 14.4. The molecule has 1 rings (SSSR count). The van der Waals surface area contributed by atoms with Crippen LogP contribution in [0.15, 0.2) is 0 Å². The Bertz CT molecular complexity index is 378. The molecule has 1 aliphatic rings. The smallest absolute Gasteiger partial charge is 0.230 e. The van der Waals surface area contributed by atoms with Crippen LogP contribution >= 0.6 is 0 Å². The summed E-state index contributed by atoms with van der Waals surface area (Å²) in [6.45, 7) is 9.27. The molecule has 0 amide bonds. The maximum absolute atomic E-state index is 11.9. The molecule has 1 aliphatic heterocycles. The van der Waals surface area contributed by atoms with Gasteiger partial charge in [-0.05, 0) is 12.8 Å². The van der Waals surface area contributed by atoms with Crippen molar-refractivity contribution in [2.75, 3.05) is 32.7 Å². The largest absolute Gasteiger partial charge is 0.300 e. The Balaban J connectivity index is 2.56. The molecule has 1 fully saturated rings. The molecule has 0 N–H and O–H groups in total. The second-order valence-corrected chi connectivity index (χ2v) is 7.16. The molecule has 6 heteroatoms. The number of hydrogen-bond donors (Lipinski definition) is 0. The highest BCUT2D eigenvalue weighted by Crippen LogP contribution is 2.13. The van der Waals surface area contributed by atoms with E-state index >= 15 is 0 Å². The Kier molecular flexibility index (Phi) is 4.92. The zero-order valence-corrected chi connectivity index (χ0v) is 11.6. The van der Waals surface area contributed by atoms with Gasteiger partial charge in [0.05, 0.1) is 6.07 Å². The van der Waals surface area contributed by atoms with E-state index in [1.54, 1.807) is 6.07 Å². The van der Waals surface area contributed by atoms with Gasteiger partial charge in [-0.25, -0.2) is 8.42 Å². The highest BCUT2D eigenvalue weighted by Gasteiger charge is 2.31. The van der Waals surface area contributed by atoms with Crippen molar-refractivity contribution in [3.8, 4) is 6.07 Å². The molecule has 0 aromatic heterocycles. The average molecular weight is 259 g/mol. The molecule has 0 aromatic rings. The zero-order valence-electron chi connectivity index (χ0n) is 10.8. The van der Waals surface area contributed by atoms with Crippen LogP contribution in [0.2, 0.25) is 0 Å². The van der Waals surface area contributed by atoms with E-state index in [0.717, 1.165) is 19.6 Å². The van der Waals surface area contributed by atoms with Gasteiger partial charge in [0.25, 0.3) is 0 Å². The van der Waals surface area contributed by atoms with E-state index in [9.17, 15) is 8.42 Å². The van der Waals surface area contributed by atoms with Crippen LogP contribution in [0.3, 0.4) is 0 Å². The van der Waals surface area contributed by atoms with Crippen molar-refractivity contribution in [2.45, 2.75) is 26.0 Å². The Morgan fingerprint density at radius 2 is 1.71 bits per heavy atom. The molecule has 0 bridgehead atoms. The first-order valence-electron chi connectivity index (χ1n) is 5.99. The molecule has 5 nitrogen and oxygen atoms in total. The first-order valence-corrected chi connectivity index (χ1v) is 7.49. The fourth-order valence-corrected chi connectivity index (χ4v) is 3.23. The summed E-state index contributed by atoms with van der Waals surface area (Å²) in [6.07, 6.45) is 0. The molecule has 1 heterocycles. The van der Waals surface area contributed by atoms with E-state index in [4.69, 9.17) is 5.26 Å². The monoisotopic (exact) mass is 259 g/mol. The quantitative estimate of drug-likeness (QED) is 0.737. The van der Waals surface area contributed by atoms with Crippen LogP contribution in [-0.4, -0.2) is 55.6 Å². The molecule has 17 heavy (non-hydrogen) atoms. The number of piperazine rings is 1. The lowest BCUT2D eigenvalue weighted by molar-refractivity contribution is 0.172. The molecule has 0 aliphatic carbocycles. The van der Waals surface area contributed by atoms with Crippen molar-refractivity contribution in [3.05, 3.63) is 0 Å². The third-order valence-electron chi connectivity index (χ3n) is 2.94. The standard InChI is InChI=1S/C11H21N3O2S/c1-10(2)9-13-4-6-14(7-5-13)17(15,16)11(3)8-12/h10-11H,4-7,9H2,1-3H3. The number of nitrogens with zero attached hydrogens (tertiary/aromatic N) is 3. The van der Waals surface area contributed by atoms with Gasteiger partial charge in [-0.15, -0.1) is 0 Å². The summed E-state index contributed by atoms with van der Waals surface area (Å²) < 4.78 is 25.3. The molecule has 1 atom stereocenters. The van der Waals surface area contributed by atoms with E-state index in [1.807, 2.05) is 0 Å². The normalized spacial score (nSPS) is 21.4. The second kappa shape index (κ2) is 5.80. The van der Waals surface area contributed by atoms with Gasteiger partial charge in [0.2, 0.25) is 10.0 Å². The van der Waals surface area contributed by atoms with Gasteiger partial charge in [0.15, 0.2) is 5.25 Å². The third-order valence-corrected chi connectivity index (χ3v) is 5.03. The molecule has 98 valence electrons. The lowest BCUT2D eigenvalue weighted by Gasteiger charge is -2.35. The number of rotatable bonds is 4. The lowest BCUT2D eigenvalue weighted by atomic mass is 10.2. The average Bonchev–Trinajstić information content (AvgIpc) is 2.27. The van der Waals surface area contributed by atoms with Gasteiger partial charge in [0.1, 0.15) is 0 Å². The van der Waals surface area contributed by atoms with Crippen molar-refractivity contribution in [1.82, 2.24) is 9.21 Å². The SMILES string of the molecule is CC(C)CN1CCN(S(=O)(=O)C(C)C#N)CC1. The van der Waals surface area contributed by atoms with Crippen molar-refractivity contribution < 1.29 is 8.42 Å². The summed E-state index contributed by atoms with van der Waals surface area (Å²) in [5.74, 6) is 0.594. The van der Waals surface area contributed by atoms with Crippen molar-refractivity contribution in [1.29, 1.82) is 5.26 Å². The number of nitriles is 1. The van der Waals surface area contributed by atoms with Crippen molar-refractivity contribution >= 4 is 10.0 Å². The molecular formula is C11H21N3O2S. The fraction of sp³-hybridized carbons (Fsp3) is 0.909. The molecular weight excluding hydrogens is 238 g/mol. The topological polar surface area (TPSA) is 64.4 Å². The highest BCUT2D eigenvalue weighted by atomic mass is 32.2. The molecule has 1 saturated heterocycles. The molecule has 0 aromatic carbocycles. The molecule has 0 spiro atoms. The van der Waals surface area contributed by atoms with Crippen LogP contribution in [0.1, 0.15) is 20.8 Å². The van der Waals surface area contributed by atoms with Crippen LogP contribution in [0.4, 0.5) is 0 Å². The van der Waals surface area contributed by atoms with E-state index < -0.39 is 15.3 Å². The van der Waals surface area contributed by atoms with Crippen molar-refractivity contribution in [2.24, 2.45) is 5.92 Å². The minimum absolute atomic E-state index is 0.501. The maximum Gasteiger partial charge on any atom is 0.230 e. The summed E-state index contributed by atoms with van der Waals surface area (Å²) in [4.78, 5) is 2.27. The van der Waals surface area contributed by atoms with E-state index in [1.165, 1.54) is 11.2 Å². The van der Waals surface area contributed by atoms with Crippen molar-refractivity contribution in [3.63, 3.8) is 0 Å². The minimum Gasteiger partial charge on any atom is -0.300 e. The van der Waals surface area contributed by atoms with Gasteiger partial charge in [-0.1, -0.05) is 13.8 Å². The van der Waals surface area contributed by atoms with Gasteiger partial charge in [-0.2, -0.15) is 9.57 Å². The summed E-state index contributed by atoms with van der Waals surface area (Å²) in [5.41, 5.74) is 0. The predicted molar refractivity (Wildman–Crippen MR) is 66.8 cm³/mol. The van der Waals surface area contributed by atoms with E-state index in [2.05, 4.69) is 18.7 Å². The van der Waals surface area contributed by atoms with Crippen LogP contribution < -0.4 is 0 Å². The minimum atomic E-state index is -3.42. The van der Waals surface area contributed by atoms with Crippen LogP contribution in [0.25, 0.3) is 0 Å². The molecule has 0 radical (unpaired) electrons. The van der Waals surface area contributed by atoms with Gasteiger partial charge < -0.3 is 4.90 Å². The first-order chi connectivity index (χ1) is 7.87. The van der Waals surface area contributed by atoms with Gasteiger partial charge in [-0.3, -0.25) is 0 Å². The summed E-state index contributed by atoms with van der Waals surface area (Å²) in [5, 5.41) is 7.76. The third kappa shape index (κ3) is 3.66. The highest BCUT2D eigenvalue weighted by molar-refractivity contribution is 7.89. The van der Waals surface area contributed by atoms with Gasteiger partial charge >= 0.3 is 0 Å².